The lowest BCUT2D eigenvalue weighted by molar-refractivity contribution is 0.0696. The number of hydrogen-bond acceptors (Lipinski definition) is 3. The minimum Gasteiger partial charge on any atom is -0.339 e. The van der Waals surface area contributed by atoms with Crippen LogP contribution >= 0.6 is 0 Å². The molecule has 1 fully saturated rings. The van der Waals surface area contributed by atoms with Gasteiger partial charge in [-0.25, -0.2) is 8.78 Å². The first-order valence-corrected chi connectivity index (χ1v) is 9.02. The van der Waals surface area contributed by atoms with E-state index in [2.05, 4.69) is 12.2 Å². The Morgan fingerprint density at radius 3 is 2.39 bits per heavy atom. The second-order valence-electron chi connectivity index (χ2n) is 7.12. The molecule has 0 bridgehead atoms. The fourth-order valence-corrected chi connectivity index (χ4v) is 3.14. The average molecular weight is 389 g/mol. The summed E-state index contributed by atoms with van der Waals surface area (Å²) in [5, 5.41) is 2.39. The first-order valence-electron chi connectivity index (χ1n) is 9.02. The van der Waals surface area contributed by atoms with Gasteiger partial charge in [-0.3, -0.25) is 14.4 Å². The molecule has 1 aliphatic heterocycles. The molecule has 0 aliphatic carbocycles. The van der Waals surface area contributed by atoms with Crippen LogP contribution in [0.5, 0.6) is 0 Å². The number of hydrogen-bond donors (Lipinski definition) is 1. The highest BCUT2D eigenvalue weighted by atomic mass is 19.2. The van der Waals surface area contributed by atoms with Gasteiger partial charge in [-0.2, -0.15) is 0 Å². The SMILES string of the molecule is CC1CCN(C(=O)c2cc(NC(=O)c3ccc(F)c(F)c3)c(=O)n(C)c2)CC1. The zero-order valence-corrected chi connectivity index (χ0v) is 15.7. The monoisotopic (exact) mass is 389 g/mol. The molecule has 0 spiro atoms. The maximum atomic E-state index is 13.4. The Kier molecular flexibility index (Phi) is 5.58. The molecule has 0 saturated carbocycles. The first kappa shape index (κ1) is 19.7. The smallest absolute Gasteiger partial charge is 0.274 e. The van der Waals surface area contributed by atoms with Crippen LogP contribution in [0.2, 0.25) is 0 Å². The highest BCUT2D eigenvalue weighted by Gasteiger charge is 2.23. The Morgan fingerprint density at radius 2 is 1.75 bits per heavy atom. The fourth-order valence-electron chi connectivity index (χ4n) is 3.14. The van der Waals surface area contributed by atoms with E-state index in [1.165, 1.54) is 23.9 Å². The highest BCUT2D eigenvalue weighted by Crippen LogP contribution is 2.19. The molecular formula is C20H21F2N3O3. The molecule has 2 amide bonds. The van der Waals surface area contributed by atoms with Gasteiger partial charge in [0.05, 0.1) is 5.56 Å². The van der Waals surface area contributed by atoms with E-state index in [9.17, 15) is 23.2 Å². The topological polar surface area (TPSA) is 71.4 Å². The third-order valence-corrected chi connectivity index (χ3v) is 4.93. The average Bonchev–Trinajstić information content (AvgIpc) is 2.67. The number of pyridine rings is 1. The number of likely N-dealkylation sites (tertiary alicyclic amines) is 1. The van der Waals surface area contributed by atoms with Crippen LogP contribution in [0.1, 0.15) is 40.5 Å². The van der Waals surface area contributed by atoms with E-state index in [0.29, 0.717) is 19.0 Å². The van der Waals surface area contributed by atoms with Crippen molar-refractivity contribution in [1.29, 1.82) is 0 Å². The number of nitrogens with zero attached hydrogens (tertiary/aromatic N) is 2. The molecule has 1 aliphatic rings. The highest BCUT2D eigenvalue weighted by molar-refractivity contribution is 6.05. The van der Waals surface area contributed by atoms with Gasteiger partial charge in [-0.05, 0) is 43.0 Å². The molecular weight excluding hydrogens is 368 g/mol. The Labute approximate surface area is 160 Å². The number of rotatable bonds is 3. The van der Waals surface area contributed by atoms with Crippen LogP contribution in [0.25, 0.3) is 0 Å². The van der Waals surface area contributed by atoms with Crippen molar-refractivity contribution in [1.82, 2.24) is 9.47 Å². The zero-order chi connectivity index (χ0) is 20.4. The third kappa shape index (κ3) is 4.11. The Morgan fingerprint density at radius 1 is 1.07 bits per heavy atom. The van der Waals surface area contributed by atoms with Crippen molar-refractivity contribution in [2.24, 2.45) is 13.0 Å². The summed E-state index contributed by atoms with van der Waals surface area (Å²) >= 11 is 0. The van der Waals surface area contributed by atoms with E-state index in [1.54, 1.807) is 4.90 Å². The van der Waals surface area contributed by atoms with E-state index in [1.807, 2.05) is 0 Å². The van der Waals surface area contributed by atoms with Gasteiger partial charge in [0, 0.05) is 31.9 Å². The maximum absolute atomic E-state index is 13.4. The summed E-state index contributed by atoms with van der Waals surface area (Å²) in [6.07, 6.45) is 3.25. The number of anilines is 1. The number of amides is 2. The molecule has 8 heteroatoms. The number of benzene rings is 1. The van der Waals surface area contributed by atoms with Gasteiger partial charge in [-0.1, -0.05) is 6.92 Å². The van der Waals surface area contributed by atoms with Crippen LogP contribution in [0.3, 0.4) is 0 Å². The second-order valence-corrected chi connectivity index (χ2v) is 7.12. The summed E-state index contributed by atoms with van der Waals surface area (Å²) in [5.41, 5.74) is -0.479. The van der Waals surface area contributed by atoms with Gasteiger partial charge in [0.1, 0.15) is 5.69 Å². The van der Waals surface area contributed by atoms with Gasteiger partial charge >= 0.3 is 0 Å². The zero-order valence-electron chi connectivity index (χ0n) is 15.7. The molecule has 0 atom stereocenters. The Hall–Kier alpha value is -3.03. The van der Waals surface area contributed by atoms with Gasteiger partial charge in [0.2, 0.25) is 0 Å². The van der Waals surface area contributed by atoms with Crippen molar-refractivity contribution < 1.29 is 18.4 Å². The Bertz CT molecular complexity index is 979. The van der Waals surface area contributed by atoms with Crippen molar-refractivity contribution in [2.75, 3.05) is 18.4 Å². The van der Waals surface area contributed by atoms with Crippen molar-refractivity contribution in [2.45, 2.75) is 19.8 Å². The molecule has 148 valence electrons. The van der Waals surface area contributed by atoms with Crippen molar-refractivity contribution >= 4 is 17.5 Å². The number of aromatic nitrogens is 1. The molecule has 1 N–H and O–H groups in total. The standard InChI is InChI=1S/C20H21F2N3O3/c1-12-5-7-25(8-6-12)19(27)14-10-17(20(28)24(2)11-14)23-18(26)13-3-4-15(21)16(22)9-13/h3-4,9-12H,5-8H2,1-2H3,(H,23,26). The van der Waals surface area contributed by atoms with Gasteiger partial charge < -0.3 is 14.8 Å². The number of halogens is 2. The number of carbonyl (C=O) groups excluding carboxylic acids is 2. The molecule has 0 radical (unpaired) electrons. The van der Waals surface area contributed by atoms with Crippen molar-refractivity contribution in [3.05, 3.63) is 63.6 Å². The van der Waals surface area contributed by atoms with Crippen LogP contribution in [0.15, 0.2) is 35.3 Å². The summed E-state index contributed by atoms with van der Waals surface area (Å²) in [4.78, 5) is 39.1. The molecule has 2 heterocycles. The van der Waals surface area contributed by atoms with Crippen molar-refractivity contribution in [3.8, 4) is 0 Å². The number of nitrogens with one attached hydrogen (secondary N) is 1. The van der Waals surface area contributed by atoms with E-state index >= 15 is 0 Å². The predicted octanol–water partition coefficient (Wildman–Crippen LogP) is 2.79. The predicted molar refractivity (Wildman–Crippen MR) is 100 cm³/mol. The van der Waals surface area contributed by atoms with E-state index in [4.69, 9.17) is 0 Å². The molecule has 1 aromatic carbocycles. The molecule has 28 heavy (non-hydrogen) atoms. The minimum atomic E-state index is -1.16. The largest absolute Gasteiger partial charge is 0.339 e. The quantitative estimate of drug-likeness (QED) is 0.878. The van der Waals surface area contributed by atoms with E-state index in [0.717, 1.165) is 31.0 Å². The molecule has 3 rings (SSSR count). The number of carbonyl (C=O) groups is 2. The maximum Gasteiger partial charge on any atom is 0.274 e. The fraction of sp³-hybridized carbons (Fsp3) is 0.350. The summed E-state index contributed by atoms with van der Waals surface area (Å²) in [7, 11) is 1.48. The van der Waals surface area contributed by atoms with Crippen molar-refractivity contribution in [3.63, 3.8) is 0 Å². The van der Waals surface area contributed by atoms with Gasteiger partial charge in [-0.15, -0.1) is 0 Å². The molecule has 0 unspecified atom stereocenters. The molecule has 2 aromatic rings. The van der Waals surface area contributed by atoms with Crippen LogP contribution in [-0.2, 0) is 7.05 Å². The minimum absolute atomic E-state index is 0.103. The normalized spacial score (nSPS) is 14.8. The second kappa shape index (κ2) is 7.92. The summed E-state index contributed by atoms with van der Waals surface area (Å²) < 4.78 is 27.6. The molecule has 1 saturated heterocycles. The lowest BCUT2D eigenvalue weighted by atomic mass is 9.99. The lowest BCUT2D eigenvalue weighted by Crippen LogP contribution is -2.38. The van der Waals surface area contributed by atoms with Crippen LogP contribution in [-0.4, -0.2) is 34.4 Å². The molecule has 6 nitrogen and oxygen atoms in total. The van der Waals surface area contributed by atoms with Gasteiger partial charge in [0.25, 0.3) is 17.4 Å². The Balaban J connectivity index is 1.85. The summed E-state index contributed by atoms with van der Waals surface area (Å²) in [5.74, 6) is -2.66. The molecule has 1 aromatic heterocycles. The third-order valence-electron chi connectivity index (χ3n) is 4.93. The lowest BCUT2D eigenvalue weighted by Gasteiger charge is -2.30. The van der Waals surface area contributed by atoms with Crippen LogP contribution in [0.4, 0.5) is 14.5 Å². The number of piperidine rings is 1. The van der Waals surface area contributed by atoms with E-state index < -0.39 is 23.1 Å². The summed E-state index contributed by atoms with van der Waals surface area (Å²) in [6.45, 7) is 3.42. The number of aryl methyl sites for hydroxylation is 1. The van der Waals surface area contributed by atoms with Gasteiger partial charge in [0.15, 0.2) is 11.6 Å². The van der Waals surface area contributed by atoms with Crippen LogP contribution in [0, 0.1) is 17.6 Å². The van der Waals surface area contributed by atoms with Crippen LogP contribution < -0.4 is 10.9 Å². The summed E-state index contributed by atoms with van der Waals surface area (Å²) in [6, 6.07) is 4.02. The first-order chi connectivity index (χ1) is 13.3. The van der Waals surface area contributed by atoms with E-state index in [-0.39, 0.29) is 22.7 Å².